The minimum Gasteiger partial charge on any atom is -0.466 e. The van der Waals surface area contributed by atoms with E-state index in [0.29, 0.717) is 28.0 Å². The van der Waals surface area contributed by atoms with Gasteiger partial charge in [-0.05, 0) is 105 Å². The Balaban J connectivity index is 0.000000177. The van der Waals surface area contributed by atoms with Crippen LogP contribution < -0.4 is 10.6 Å². The molecule has 12 heteroatoms. The lowest BCUT2D eigenvalue weighted by Crippen LogP contribution is -2.32. The fourth-order valence-electron chi connectivity index (χ4n) is 7.17. The summed E-state index contributed by atoms with van der Waals surface area (Å²) in [5.74, 6) is -2.13. The number of aromatic nitrogens is 1. The number of Topliss-reactive ketones (excluding diaryl/α,β-unsaturated/α-hetero) is 2. The van der Waals surface area contributed by atoms with Gasteiger partial charge in [-0.2, -0.15) is 0 Å². The number of ether oxygens (including phenoxy) is 2. The van der Waals surface area contributed by atoms with Crippen molar-refractivity contribution in [2.75, 3.05) is 14.2 Å². The number of thiophene rings is 2. The summed E-state index contributed by atoms with van der Waals surface area (Å²) in [6.45, 7) is 8.56. The summed E-state index contributed by atoms with van der Waals surface area (Å²) in [5.41, 5.74) is 6.80. The lowest BCUT2D eigenvalue weighted by molar-refractivity contribution is -0.137. The number of nitrogens with one attached hydrogen (secondary N) is 2. The third-order valence-corrected chi connectivity index (χ3v) is 11.4. The maximum absolute atomic E-state index is 13.9. The average molecular weight is 728 g/mol. The van der Waals surface area contributed by atoms with E-state index < -0.39 is 23.8 Å². The van der Waals surface area contributed by atoms with Crippen LogP contribution in [0.15, 0.2) is 92.4 Å². The highest BCUT2D eigenvalue weighted by molar-refractivity contribution is 7.17. The molecule has 2 unspecified atom stereocenters. The number of benzene rings is 1. The minimum absolute atomic E-state index is 0.0675. The van der Waals surface area contributed by atoms with Gasteiger partial charge in [0, 0.05) is 62.1 Å². The van der Waals surface area contributed by atoms with Gasteiger partial charge in [-0.15, -0.1) is 22.7 Å². The van der Waals surface area contributed by atoms with Crippen LogP contribution in [0.2, 0.25) is 0 Å². The molecule has 4 aromatic rings. The van der Waals surface area contributed by atoms with Crippen LogP contribution in [0.25, 0.3) is 20.3 Å². The second-order valence-electron chi connectivity index (χ2n) is 12.8. The predicted octanol–water partition coefficient (Wildman–Crippen LogP) is 7.72. The molecular formula is C39H38FN3O6S2. The van der Waals surface area contributed by atoms with E-state index in [2.05, 4.69) is 15.6 Å². The standard InChI is InChI=1S/C21H20FNO3S.C18H18N2O3S/c1-10-17(11(2)24)18(15-9-27-16-7-6-13(22)8-14(15)16)19(21(25)26-3)20(23-10)12-4-5-12;1-9-14(11(3)21)16(15(10(2)20-9)18(22)23-4)13-8-24-17-12(13)6-5-7-19-17/h6-9,12,18,23H,4-5H2,1-3H3;5-8,16,20H,1-4H3. The Morgan fingerprint density at radius 3 is 1.96 bits per heavy atom. The molecule has 1 aliphatic carbocycles. The van der Waals surface area contributed by atoms with Crippen LogP contribution in [0.1, 0.15) is 70.4 Å². The van der Waals surface area contributed by atoms with Gasteiger partial charge in [0.1, 0.15) is 10.6 Å². The molecule has 0 radical (unpaired) electrons. The van der Waals surface area contributed by atoms with Crippen molar-refractivity contribution in [2.24, 2.45) is 5.92 Å². The van der Waals surface area contributed by atoms with E-state index in [1.54, 1.807) is 12.3 Å². The highest BCUT2D eigenvalue weighted by Gasteiger charge is 2.42. The normalized spacial score (nSPS) is 19.1. The Hall–Kier alpha value is -4.94. The maximum atomic E-state index is 13.9. The first-order chi connectivity index (χ1) is 24.4. The maximum Gasteiger partial charge on any atom is 0.336 e. The number of esters is 2. The number of rotatable bonds is 7. The molecule has 51 heavy (non-hydrogen) atoms. The molecule has 7 rings (SSSR count). The van der Waals surface area contributed by atoms with Crippen molar-refractivity contribution in [1.82, 2.24) is 15.6 Å². The van der Waals surface area contributed by atoms with Crippen molar-refractivity contribution in [3.8, 4) is 0 Å². The molecule has 264 valence electrons. The average Bonchev–Trinajstić information content (AvgIpc) is 3.73. The summed E-state index contributed by atoms with van der Waals surface area (Å²) >= 11 is 2.99. The number of allylic oxidation sites excluding steroid dienone is 6. The molecule has 3 aliphatic rings. The van der Waals surface area contributed by atoms with Gasteiger partial charge in [-0.3, -0.25) is 9.59 Å². The van der Waals surface area contributed by atoms with Crippen molar-refractivity contribution in [2.45, 2.75) is 59.3 Å². The number of hydrogen-bond donors (Lipinski definition) is 2. The minimum atomic E-state index is -0.553. The summed E-state index contributed by atoms with van der Waals surface area (Å²) in [6.07, 6.45) is 3.73. The molecule has 1 aromatic carbocycles. The number of pyridine rings is 1. The zero-order valence-electron chi connectivity index (χ0n) is 29.4. The lowest BCUT2D eigenvalue weighted by Gasteiger charge is -2.31. The predicted molar refractivity (Wildman–Crippen MR) is 196 cm³/mol. The van der Waals surface area contributed by atoms with Crippen LogP contribution >= 0.6 is 22.7 Å². The van der Waals surface area contributed by atoms with Crippen LogP contribution in [0.4, 0.5) is 4.39 Å². The number of halogens is 1. The third kappa shape index (κ3) is 6.65. The SMILES string of the molecule is COC(=O)C1=C(C)NC(C)=C(C(C)=O)C1c1csc2ncccc12.COC(=O)C1=C(C2CC2)NC(C)=C(C(C)=O)C1c1csc2ccc(F)cc12. The number of methoxy groups -OCH3 is 2. The van der Waals surface area contributed by atoms with Gasteiger partial charge in [0.05, 0.1) is 25.4 Å². The largest absolute Gasteiger partial charge is 0.466 e. The fraction of sp³-hybridized carbons (Fsp3) is 0.308. The molecule has 9 nitrogen and oxygen atoms in total. The molecule has 3 aromatic heterocycles. The Morgan fingerprint density at radius 2 is 1.33 bits per heavy atom. The summed E-state index contributed by atoms with van der Waals surface area (Å²) in [7, 11) is 2.70. The van der Waals surface area contributed by atoms with E-state index in [-0.39, 0.29) is 23.3 Å². The summed E-state index contributed by atoms with van der Waals surface area (Å²) < 4.78 is 24.9. The highest BCUT2D eigenvalue weighted by Crippen LogP contribution is 2.48. The van der Waals surface area contributed by atoms with E-state index >= 15 is 0 Å². The molecule has 1 fully saturated rings. The van der Waals surface area contributed by atoms with Crippen LogP contribution in [-0.4, -0.2) is 42.7 Å². The Labute approximate surface area is 302 Å². The van der Waals surface area contributed by atoms with Crippen molar-refractivity contribution in [1.29, 1.82) is 0 Å². The van der Waals surface area contributed by atoms with Gasteiger partial charge >= 0.3 is 11.9 Å². The Kier molecular flexibility index (Phi) is 10.1. The van der Waals surface area contributed by atoms with E-state index in [9.17, 15) is 23.6 Å². The molecule has 5 heterocycles. The first-order valence-electron chi connectivity index (χ1n) is 16.4. The molecule has 0 saturated heterocycles. The van der Waals surface area contributed by atoms with E-state index in [1.165, 1.54) is 62.9 Å². The number of fused-ring (bicyclic) bond motifs is 2. The van der Waals surface area contributed by atoms with Gasteiger partial charge < -0.3 is 20.1 Å². The lowest BCUT2D eigenvalue weighted by atomic mass is 9.78. The number of hydrogen-bond acceptors (Lipinski definition) is 11. The zero-order valence-corrected chi connectivity index (χ0v) is 31.0. The number of carbonyl (C=O) groups excluding carboxylic acids is 4. The first-order valence-corrected chi connectivity index (χ1v) is 18.2. The zero-order chi connectivity index (χ0) is 36.7. The molecule has 2 aliphatic heterocycles. The first kappa shape index (κ1) is 35.9. The Morgan fingerprint density at radius 1 is 0.765 bits per heavy atom. The fourth-order valence-corrected chi connectivity index (χ4v) is 9.07. The molecule has 0 amide bonds. The second-order valence-corrected chi connectivity index (χ2v) is 14.6. The number of dihydropyridines is 2. The summed E-state index contributed by atoms with van der Waals surface area (Å²) in [5, 5.41) is 12.0. The molecule has 1 saturated carbocycles. The smallest absolute Gasteiger partial charge is 0.336 e. The molecule has 0 spiro atoms. The van der Waals surface area contributed by atoms with Crippen LogP contribution in [0, 0.1) is 11.7 Å². The van der Waals surface area contributed by atoms with Gasteiger partial charge in [-0.25, -0.2) is 19.0 Å². The topological polar surface area (TPSA) is 124 Å². The van der Waals surface area contributed by atoms with Crippen molar-refractivity contribution in [3.63, 3.8) is 0 Å². The molecule has 2 N–H and O–H groups in total. The molecular weight excluding hydrogens is 690 g/mol. The summed E-state index contributed by atoms with van der Waals surface area (Å²) in [6, 6.07) is 8.45. The van der Waals surface area contributed by atoms with E-state index in [4.69, 9.17) is 9.47 Å². The highest BCUT2D eigenvalue weighted by atomic mass is 32.1. The van der Waals surface area contributed by atoms with Gasteiger partial charge in [0.25, 0.3) is 0 Å². The van der Waals surface area contributed by atoms with Crippen molar-refractivity contribution in [3.05, 3.63) is 109 Å². The number of nitrogens with zero attached hydrogens (tertiary/aromatic N) is 1. The van der Waals surface area contributed by atoms with E-state index in [1.807, 2.05) is 43.7 Å². The van der Waals surface area contributed by atoms with Crippen molar-refractivity contribution < 1.29 is 33.0 Å². The number of ketones is 2. The molecule has 2 atom stereocenters. The number of carbonyl (C=O) groups is 4. The van der Waals surface area contributed by atoms with Crippen molar-refractivity contribution >= 4 is 66.5 Å². The van der Waals surface area contributed by atoms with Crippen LogP contribution in [-0.2, 0) is 28.7 Å². The molecule has 0 bridgehead atoms. The summed E-state index contributed by atoms with van der Waals surface area (Å²) in [4.78, 5) is 55.3. The quantitative estimate of drug-likeness (QED) is 0.184. The Bertz CT molecular complexity index is 2250. The van der Waals surface area contributed by atoms with Gasteiger partial charge in [0.15, 0.2) is 11.6 Å². The second kappa shape index (κ2) is 14.4. The van der Waals surface area contributed by atoms with Gasteiger partial charge in [-0.1, -0.05) is 6.07 Å². The monoisotopic (exact) mass is 727 g/mol. The van der Waals surface area contributed by atoms with Gasteiger partial charge in [0.2, 0.25) is 0 Å². The van der Waals surface area contributed by atoms with Crippen LogP contribution in [0.3, 0.4) is 0 Å². The van der Waals surface area contributed by atoms with E-state index in [0.717, 1.165) is 61.4 Å². The van der Waals surface area contributed by atoms with Crippen LogP contribution in [0.5, 0.6) is 0 Å². The third-order valence-electron chi connectivity index (χ3n) is 9.48.